The molecule has 2 amide bonds. The standard InChI is InChI=1S/C18H28N2O3/c1-14(21)11-16(15-7-5-4-6-8-15)12-19-17(22)20-9-10-23-18(2,3)13-20/h4-8,14,16,21H,9-13H2,1-3H3,(H,19,22). The van der Waals surface area contributed by atoms with Crippen LogP contribution in [0, 0.1) is 0 Å². The Morgan fingerprint density at radius 1 is 1.39 bits per heavy atom. The van der Waals surface area contributed by atoms with Gasteiger partial charge in [-0.2, -0.15) is 0 Å². The quantitative estimate of drug-likeness (QED) is 0.875. The lowest BCUT2D eigenvalue weighted by molar-refractivity contribution is -0.0733. The number of urea groups is 1. The van der Waals surface area contributed by atoms with Crippen molar-refractivity contribution in [1.29, 1.82) is 0 Å². The number of aliphatic hydroxyl groups excluding tert-OH is 1. The van der Waals surface area contributed by atoms with Gasteiger partial charge < -0.3 is 20.1 Å². The highest BCUT2D eigenvalue weighted by Gasteiger charge is 2.30. The molecule has 0 spiro atoms. The molecule has 0 aliphatic carbocycles. The van der Waals surface area contributed by atoms with Crippen LogP contribution in [0.1, 0.15) is 38.7 Å². The molecular formula is C18H28N2O3. The van der Waals surface area contributed by atoms with Crippen molar-refractivity contribution in [2.24, 2.45) is 0 Å². The lowest BCUT2D eigenvalue weighted by Gasteiger charge is -2.38. The Hall–Kier alpha value is -1.59. The van der Waals surface area contributed by atoms with E-state index >= 15 is 0 Å². The fraction of sp³-hybridized carbons (Fsp3) is 0.611. The maximum Gasteiger partial charge on any atom is 0.317 e. The number of nitrogens with zero attached hydrogens (tertiary/aromatic N) is 1. The van der Waals surface area contributed by atoms with Crippen LogP contribution in [0.15, 0.2) is 30.3 Å². The minimum atomic E-state index is -0.403. The molecule has 1 saturated heterocycles. The Bertz CT molecular complexity index is 502. The number of carbonyl (C=O) groups is 1. The van der Waals surface area contributed by atoms with Gasteiger partial charge in [0.1, 0.15) is 0 Å². The van der Waals surface area contributed by atoms with Crippen molar-refractivity contribution < 1.29 is 14.6 Å². The van der Waals surface area contributed by atoms with Gasteiger partial charge >= 0.3 is 6.03 Å². The highest BCUT2D eigenvalue weighted by molar-refractivity contribution is 5.74. The number of aliphatic hydroxyl groups is 1. The minimum absolute atomic E-state index is 0.0621. The molecule has 1 aromatic carbocycles. The fourth-order valence-electron chi connectivity index (χ4n) is 2.99. The molecule has 2 rings (SSSR count). The van der Waals surface area contributed by atoms with Crippen LogP contribution in [0.5, 0.6) is 0 Å². The Balaban J connectivity index is 1.94. The summed E-state index contributed by atoms with van der Waals surface area (Å²) in [5.41, 5.74) is 0.838. The predicted octanol–water partition coefficient (Wildman–Crippen LogP) is 2.36. The Morgan fingerprint density at radius 2 is 2.09 bits per heavy atom. The van der Waals surface area contributed by atoms with Crippen molar-refractivity contribution >= 4 is 6.03 Å². The summed E-state index contributed by atoms with van der Waals surface area (Å²) in [7, 11) is 0. The van der Waals surface area contributed by atoms with E-state index in [1.54, 1.807) is 11.8 Å². The molecule has 0 aromatic heterocycles. The summed E-state index contributed by atoms with van der Waals surface area (Å²) >= 11 is 0. The second-order valence-electron chi connectivity index (χ2n) is 6.91. The molecule has 1 heterocycles. The van der Waals surface area contributed by atoms with Gasteiger partial charge in [-0.3, -0.25) is 0 Å². The smallest absolute Gasteiger partial charge is 0.317 e. The number of hydrogen-bond acceptors (Lipinski definition) is 3. The zero-order valence-electron chi connectivity index (χ0n) is 14.3. The van der Waals surface area contributed by atoms with Crippen molar-refractivity contribution in [3.63, 3.8) is 0 Å². The predicted molar refractivity (Wildman–Crippen MR) is 90.5 cm³/mol. The maximum absolute atomic E-state index is 12.4. The molecule has 1 aliphatic heterocycles. The average molecular weight is 320 g/mol. The Labute approximate surface area is 138 Å². The van der Waals surface area contributed by atoms with Crippen molar-refractivity contribution in [3.05, 3.63) is 35.9 Å². The maximum atomic E-state index is 12.4. The number of benzene rings is 1. The van der Waals surface area contributed by atoms with Gasteiger partial charge in [0.05, 0.1) is 24.9 Å². The highest BCUT2D eigenvalue weighted by atomic mass is 16.5. The molecule has 0 radical (unpaired) electrons. The first-order valence-corrected chi connectivity index (χ1v) is 8.27. The highest BCUT2D eigenvalue weighted by Crippen LogP contribution is 2.21. The first-order chi connectivity index (χ1) is 10.9. The molecule has 2 unspecified atom stereocenters. The first kappa shape index (κ1) is 17.8. The second-order valence-corrected chi connectivity index (χ2v) is 6.91. The number of ether oxygens (including phenoxy) is 1. The van der Waals surface area contributed by atoms with E-state index in [1.165, 1.54) is 0 Å². The third kappa shape index (κ3) is 5.52. The van der Waals surface area contributed by atoms with Crippen LogP contribution < -0.4 is 5.32 Å². The van der Waals surface area contributed by atoms with E-state index in [2.05, 4.69) is 5.32 Å². The van der Waals surface area contributed by atoms with E-state index in [-0.39, 0.29) is 17.6 Å². The van der Waals surface area contributed by atoms with E-state index in [1.807, 2.05) is 44.2 Å². The number of hydrogen-bond donors (Lipinski definition) is 2. The van der Waals surface area contributed by atoms with Crippen LogP contribution in [-0.4, -0.2) is 54.0 Å². The topological polar surface area (TPSA) is 61.8 Å². The summed E-state index contributed by atoms with van der Waals surface area (Å²) in [6.45, 7) is 8.05. The van der Waals surface area contributed by atoms with E-state index in [0.29, 0.717) is 32.7 Å². The third-order valence-corrected chi connectivity index (χ3v) is 4.11. The summed E-state index contributed by atoms with van der Waals surface area (Å²) in [6, 6.07) is 9.95. The van der Waals surface area contributed by atoms with Gasteiger partial charge in [-0.25, -0.2) is 4.79 Å². The van der Waals surface area contributed by atoms with Gasteiger partial charge in [-0.1, -0.05) is 30.3 Å². The van der Waals surface area contributed by atoms with Gasteiger partial charge in [0, 0.05) is 19.0 Å². The molecule has 0 saturated carbocycles. The van der Waals surface area contributed by atoms with Crippen LogP contribution >= 0.6 is 0 Å². The molecule has 0 bridgehead atoms. The number of rotatable bonds is 5. The van der Waals surface area contributed by atoms with Gasteiger partial charge in [0.15, 0.2) is 0 Å². The molecule has 1 aliphatic rings. The molecule has 5 heteroatoms. The van der Waals surface area contributed by atoms with Crippen molar-refractivity contribution in [2.75, 3.05) is 26.2 Å². The SMILES string of the molecule is CC(O)CC(CNC(=O)N1CCOC(C)(C)C1)c1ccccc1. The fourth-order valence-corrected chi connectivity index (χ4v) is 2.99. The number of carbonyl (C=O) groups excluding carboxylic acids is 1. The van der Waals surface area contributed by atoms with Crippen LogP contribution in [0.4, 0.5) is 4.79 Å². The van der Waals surface area contributed by atoms with Gasteiger partial charge in [-0.05, 0) is 32.8 Å². The summed E-state index contributed by atoms with van der Waals surface area (Å²) in [4.78, 5) is 14.2. The van der Waals surface area contributed by atoms with Gasteiger partial charge in [0.2, 0.25) is 0 Å². The molecule has 2 atom stereocenters. The van der Waals surface area contributed by atoms with Gasteiger partial charge in [0.25, 0.3) is 0 Å². The molecule has 23 heavy (non-hydrogen) atoms. The Kier molecular flexibility index (Phi) is 6.02. The van der Waals surface area contributed by atoms with Crippen molar-refractivity contribution in [2.45, 2.75) is 44.8 Å². The minimum Gasteiger partial charge on any atom is -0.393 e. The van der Waals surface area contributed by atoms with E-state index < -0.39 is 6.10 Å². The first-order valence-electron chi connectivity index (χ1n) is 8.27. The number of amides is 2. The largest absolute Gasteiger partial charge is 0.393 e. The summed E-state index contributed by atoms with van der Waals surface area (Å²) in [5, 5.41) is 12.7. The van der Waals surface area contributed by atoms with Crippen LogP contribution in [0.2, 0.25) is 0 Å². The van der Waals surface area contributed by atoms with Gasteiger partial charge in [-0.15, -0.1) is 0 Å². The zero-order valence-corrected chi connectivity index (χ0v) is 14.3. The molecule has 2 N–H and O–H groups in total. The molecule has 1 fully saturated rings. The number of nitrogens with one attached hydrogen (secondary N) is 1. The summed E-state index contributed by atoms with van der Waals surface area (Å²) < 4.78 is 5.64. The normalized spacial score (nSPS) is 19.9. The molecule has 5 nitrogen and oxygen atoms in total. The Morgan fingerprint density at radius 3 is 2.70 bits per heavy atom. The van der Waals surface area contributed by atoms with E-state index in [0.717, 1.165) is 5.56 Å². The summed E-state index contributed by atoms with van der Waals surface area (Å²) in [5.74, 6) is 0.106. The lowest BCUT2D eigenvalue weighted by Crippen LogP contribution is -2.53. The summed E-state index contributed by atoms with van der Waals surface area (Å²) in [6.07, 6.45) is 0.221. The number of morpholine rings is 1. The van der Waals surface area contributed by atoms with E-state index in [4.69, 9.17) is 4.74 Å². The monoisotopic (exact) mass is 320 g/mol. The van der Waals surface area contributed by atoms with E-state index in [9.17, 15) is 9.90 Å². The molecular weight excluding hydrogens is 292 g/mol. The second kappa shape index (κ2) is 7.79. The average Bonchev–Trinajstić information content (AvgIpc) is 2.50. The molecule has 1 aromatic rings. The van der Waals surface area contributed by atoms with Crippen LogP contribution in [-0.2, 0) is 4.74 Å². The van der Waals surface area contributed by atoms with Crippen molar-refractivity contribution in [1.82, 2.24) is 10.2 Å². The van der Waals surface area contributed by atoms with Crippen LogP contribution in [0.3, 0.4) is 0 Å². The van der Waals surface area contributed by atoms with Crippen LogP contribution in [0.25, 0.3) is 0 Å². The van der Waals surface area contributed by atoms with Crippen molar-refractivity contribution in [3.8, 4) is 0 Å². The zero-order chi connectivity index (χ0) is 16.9. The molecule has 128 valence electrons. The third-order valence-electron chi connectivity index (χ3n) is 4.11. The lowest BCUT2D eigenvalue weighted by atomic mass is 9.93.